The van der Waals surface area contributed by atoms with Gasteiger partial charge in [-0.3, -0.25) is 0 Å². The minimum atomic E-state index is 0.572. The Morgan fingerprint density at radius 3 is 2.60 bits per heavy atom. The lowest BCUT2D eigenvalue weighted by Gasteiger charge is -2.04. The topological polar surface area (TPSA) is 37.8 Å². The van der Waals surface area contributed by atoms with Crippen molar-refractivity contribution in [2.75, 3.05) is 6.54 Å². The van der Waals surface area contributed by atoms with Gasteiger partial charge in [0.2, 0.25) is 0 Å². The largest absolute Gasteiger partial charge is 0.314 e. The first kappa shape index (κ1) is 13.7. The van der Waals surface area contributed by atoms with E-state index in [0.717, 1.165) is 29.0 Å². The van der Waals surface area contributed by atoms with E-state index in [1.165, 1.54) is 24.0 Å². The van der Waals surface area contributed by atoms with Crippen molar-refractivity contribution < 1.29 is 0 Å². The third-order valence-electron chi connectivity index (χ3n) is 3.64. The van der Waals surface area contributed by atoms with Crippen molar-refractivity contribution in [2.45, 2.75) is 45.1 Å². The molecule has 1 heterocycles. The number of nitrogens with zero attached hydrogens (tertiary/aromatic N) is 2. The highest BCUT2D eigenvalue weighted by molar-refractivity contribution is 7.14. The number of hydrogen-bond acceptors (Lipinski definition) is 4. The van der Waals surface area contributed by atoms with E-state index in [1.54, 1.807) is 11.3 Å². The van der Waals surface area contributed by atoms with Crippen LogP contribution >= 0.6 is 11.3 Å². The lowest BCUT2D eigenvalue weighted by atomic mass is 10.0. The average Bonchev–Trinajstić information content (AvgIpc) is 3.15. The minimum Gasteiger partial charge on any atom is -0.314 e. The predicted molar refractivity (Wildman–Crippen MR) is 84.2 cm³/mol. The molecule has 0 amide bonds. The van der Waals surface area contributed by atoms with Crippen LogP contribution in [0.2, 0.25) is 0 Å². The maximum absolute atomic E-state index is 4.32. The average molecular weight is 287 g/mol. The Morgan fingerprint density at radius 1 is 1.20 bits per heavy atom. The second-order valence-corrected chi connectivity index (χ2v) is 6.82. The van der Waals surface area contributed by atoms with Gasteiger partial charge in [0.15, 0.2) is 0 Å². The summed E-state index contributed by atoms with van der Waals surface area (Å²) in [4.78, 5) is 0. The Bertz CT molecular complexity index is 555. The Labute approximate surface area is 124 Å². The molecule has 3 nitrogen and oxygen atoms in total. The summed E-state index contributed by atoms with van der Waals surface area (Å²) in [6.07, 6.45) is 3.66. The molecule has 20 heavy (non-hydrogen) atoms. The van der Waals surface area contributed by atoms with Gasteiger partial charge in [0, 0.05) is 24.6 Å². The zero-order valence-corrected chi connectivity index (χ0v) is 12.9. The van der Waals surface area contributed by atoms with E-state index in [1.807, 2.05) is 0 Å². The van der Waals surface area contributed by atoms with Crippen LogP contribution < -0.4 is 5.32 Å². The summed E-state index contributed by atoms with van der Waals surface area (Å²) in [5.41, 5.74) is 2.54. The quantitative estimate of drug-likeness (QED) is 0.881. The first-order valence-electron chi connectivity index (χ1n) is 7.38. The molecule has 1 fully saturated rings. The molecule has 2 aromatic rings. The minimum absolute atomic E-state index is 0.572. The Kier molecular flexibility index (Phi) is 4.13. The molecule has 0 atom stereocenters. The van der Waals surface area contributed by atoms with Crippen LogP contribution in [-0.2, 0) is 6.42 Å². The SMILES string of the molecule is CC(C)c1ccc(-c2nnc(CCNC3CC3)s2)cc1. The van der Waals surface area contributed by atoms with E-state index in [4.69, 9.17) is 0 Å². The van der Waals surface area contributed by atoms with E-state index in [9.17, 15) is 0 Å². The van der Waals surface area contributed by atoms with Gasteiger partial charge in [-0.15, -0.1) is 10.2 Å². The van der Waals surface area contributed by atoms with Crippen LogP contribution in [0.5, 0.6) is 0 Å². The maximum atomic E-state index is 4.32. The molecule has 0 aliphatic heterocycles. The molecule has 0 bridgehead atoms. The molecule has 1 aliphatic rings. The molecule has 1 N–H and O–H groups in total. The summed E-state index contributed by atoms with van der Waals surface area (Å²) in [5.74, 6) is 0.572. The van der Waals surface area contributed by atoms with Gasteiger partial charge in [0.05, 0.1) is 0 Å². The summed E-state index contributed by atoms with van der Waals surface area (Å²) in [7, 11) is 0. The van der Waals surface area contributed by atoms with Crippen LogP contribution in [0.1, 0.15) is 43.2 Å². The van der Waals surface area contributed by atoms with Crippen molar-refractivity contribution >= 4 is 11.3 Å². The molecule has 0 unspecified atom stereocenters. The summed E-state index contributed by atoms with van der Waals surface area (Å²) in [5, 5.41) is 14.3. The van der Waals surface area contributed by atoms with E-state index < -0.39 is 0 Å². The van der Waals surface area contributed by atoms with Crippen molar-refractivity contribution in [1.29, 1.82) is 0 Å². The van der Waals surface area contributed by atoms with Crippen LogP contribution in [0.15, 0.2) is 24.3 Å². The van der Waals surface area contributed by atoms with Gasteiger partial charge in [0.1, 0.15) is 10.0 Å². The molecule has 0 spiro atoms. The predicted octanol–water partition coefficient (Wildman–Crippen LogP) is 3.62. The molecule has 3 rings (SSSR count). The standard InChI is InChI=1S/C16H21N3S/c1-11(2)12-3-5-13(6-4-12)16-19-18-15(20-16)9-10-17-14-7-8-14/h3-6,11,14,17H,7-10H2,1-2H3. The molecule has 0 radical (unpaired) electrons. The van der Waals surface area contributed by atoms with Crippen molar-refractivity contribution in [2.24, 2.45) is 0 Å². The monoisotopic (exact) mass is 287 g/mol. The number of nitrogens with one attached hydrogen (secondary N) is 1. The fourth-order valence-electron chi connectivity index (χ4n) is 2.15. The van der Waals surface area contributed by atoms with Gasteiger partial charge >= 0.3 is 0 Å². The van der Waals surface area contributed by atoms with Gasteiger partial charge in [-0.05, 0) is 24.3 Å². The number of hydrogen-bond donors (Lipinski definition) is 1. The van der Waals surface area contributed by atoms with Crippen LogP contribution in [-0.4, -0.2) is 22.8 Å². The van der Waals surface area contributed by atoms with Gasteiger partial charge in [-0.2, -0.15) is 0 Å². The van der Waals surface area contributed by atoms with Crippen molar-refractivity contribution in [3.63, 3.8) is 0 Å². The number of benzene rings is 1. The fourth-order valence-corrected chi connectivity index (χ4v) is 3.00. The van der Waals surface area contributed by atoms with Crippen LogP contribution in [0, 0.1) is 0 Å². The van der Waals surface area contributed by atoms with Gasteiger partial charge in [-0.1, -0.05) is 49.4 Å². The van der Waals surface area contributed by atoms with Gasteiger partial charge in [0.25, 0.3) is 0 Å². The van der Waals surface area contributed by atoms with Gasteiger partial charge in [-0.25, -0.2) is 0 Å². The highest BCUT2D eigenvalue weighted by Crippen LogP contribution is 2.26. The van der Waals surface area contributed by atoms with Crippen molar-refractivity contribution in [3.8, 4) is 10.6 Å². The highest BCUT2D eigenvalue weighted by Gasteiger charge is 2.19. The second kappa shape index (κ2) is 6.02. The summed E-state index contributed by atoms with van der Waals surface area (Å²) >= 11 is 1.71. The summed E-state index contributed by atoms with van der Waals surface area (Å²) in [6, 6.07) is 9.46. The Balaban J connectivity index is 1.62. The number of rotatable bonds is 6. The lowest BCUT2D eigenvalue weighted by molar-refractivity contribution is 0.677. The summed E-state index contributed by atoms with van der Waals surface area (Å²) < 4.78 is 0. The third kappa shape index (κ3) is 3.44. The van der Waals surface area contributed by atoms with Crippen LogP contribution in [0.25, 0.3) is 10.6 Å². The lowest BCUT2D eigenvalue weighted by Crippen LogP contribution is -2.19. The van der Waals surface area contributed by atoms with Gasteiger partial charge < -0.3 is 5.32 Å². The van der Waals surface area contributed by atoms with E-state index in [0.29, 0.717) is 5.92 Å². The van der Waals surface area contributed by atoms with E-state index in [2.05, 4.69) is 53.6 Å². The zero-order valence-electron chi connectivity index (χ0n) is 12.1. The first-order chi connectivity index (χ1) is 9.72. The molecule has 0 saturated heterocycles. The van der Waals surface area contributed by atoms with Crippen molar-refractivity contribution in [1.82, 2.24) is 15.5 Å². The molecule has 1 aromatic carbocycles. The molecule has 1 aliphatic carbocycles. The fraction of sp³-hybridized carbons (Fsp3) is 0.500. The van der Waals surface area contributed by atoms with E-state index in [-0.39, 0.29) is 0 Å². The Hall–Kier alpha value is -1.26. The molecular formula is C16H21N3S. The maximum Gasteiger partial charge on any atom is 0.147 e. The normalized spacial score (nSPS) is 14.9. The van der Waals surface area contributed by atoms with Crippen LogP contribution in [0.3, 0.4) is 0 Å². The molecule has 1 aromatic heterocycles. The third-order valence-corrected chi connectivity index (χ3v) is 4.67. The summed E-state index contributed by atoms with van der Waals surface area (Å²) in [6.45, 7) is 5.45. The smallest absolute Gasteiger partial charge is 0.147 e. The zero-order chi connectivity index (χ0) is 13.9. The molecular weight excluding hydrogens is 266 g/mol. The first-order valence-corrected chi connectivity index (χ1v) is 8.20. The molecule has 106 valence electrons. The highest BCUT2D eigenvalue weighted by atomic mass is 32.1. The molecule has 1 saturated carbocycles. The second-order valence-electron chi connectivity index (χ2n) is 5.76. The molecule has 4 heteroatoms. The number of aromatic nitrogens is 2. The van der Waals surface area contributed by atoms with Crippen molar-refractivity contribution in [3.05, 3.63) is 34.8 Å². The van der Waals surface area contributed by atoms with Crippen LogP contribution in [0.4, 0.5) is 0 Å². The van der Waals surface area contributed by atoms with E-state index >= 15 is 0 Å². The Morgan fingerprint density at radius 2 is 1.95 bits per heavy atom.